The van der Waals surface area contributed by atoms with Crippen LogP contribution in [0.3, 0.4) is 0 Å². The molecule has 130 valence electrons. The highest BCUT2D eigenvalue weighted by atomic mass is 32.2. The number of amides is 1. The van der Waals surface area contributed by atoms with E-state index in [9.17, 15) is 17.6 Å². The number of carbonyl (C=O) groups excluding carboxylic acids is 1. The quantitative estimate of drug-likeness (QED) is 0.820. The lowest BCUT2D eigenvalue weighted by Crippen LogP contribution is -2.62. The molecule has 2 unspecified atom stereocenters. The fourth-order valence-electron chi connectivity index (χ4n) is 3.72. The second-order valence-electron chi connectivity index (χ2n) is 6.42. The molecule has 4 rings (SSSR count). The monoisotopic (exact) mass is 360 g/mol. The number of para-hydroxylation sites is 1. The molecule has 1 amide bonds. The van der Waals surface area contributed by atoms with Crippen molar-refractivity contribution in [2.45, 2.75) is 12.1 Å². The van der Waals surface area contributed by atoms with Crippen LogP contribution in [-0.2, 0) is 14.6 Å². The minimum Gasteiger partial charge on any atom is -0.356 e. The molecule has 25 heavy (non-hydrogen) atoms. The third-order valence-corrected chi connectivity index (χ3v) is 6.49. The molecule has 2 atom stereocenters. The van der Waals surface area contributed by atoms with E-state index in [1.807, 2.05) is 35.2 Å². The Morgan fingerprint density at radius 3 is 2.20 bits per heavy atom. The van der Waals surface area contributed by atoms with Gasteiger partial charge in [-0.2, -0.15) is 0 Å². The molecule has 5 nitrogen and oxygen atoms in total. The van der Waals surface area contributed by atoms with Gasteiger partial charge in [-0.05, 0) is 36.4 Å². The molecule has 0 spiro atoms. The molecule has 2 aliphatic heterocycles. The number of piperazine rings is 1. The van der Waals surface area contributed by atoms with Gasteiger partial charge in [-0.15, -0.1) is 0 Å². The molecule has 2 aromatic rings. The Kier molecular flexibility index (Phi) is 3.76. The molecule has 7 heteroatoms. The van der Waals surface area contributed by atoms with Crippen molar-refractivity contribution in [1.29, 1.82) is 0 Å². The van der Waals surface area contributed by atoms with Gasteiger partial charge in [0.25, 0.3) is 0 Å². The smallest absolute Gasteiger partial charge is 0.246 e. The number of rotatable bonds is 2. The molecule has 2 aliphatic rings. The SMILES string of the molecule is O=C1CN(c2ccccc2)C2CS(=O)(=O)CC2N1c1ccc(F)cc1. The zero-order valence-corrected chi connectivity index (χ0v) is 14.2. The molecule has 0 N–H and O–H groups in total. The van der Waals surface area contributed by atoms with E-state index in [2.05, 4.69) is 0 Å². The topological polar surface area (TPSA) is 57.7 Å². The van der Waals surface area contributed by atoms with Crippen molar-refractivity contribution in [2.75, 3.05) is 27.9 Å². The van der Waals surface area contributed by atoms with Crippen LogP contribution in [0.2, 0.25) is 0 Å². The van der Waals surface area contributed by atoms with E-state index < -0.39 is 21.7 Å². The van der Waals surface area contributed by atoms with E-state index >= 15 is 0 Å². The van der Waals surface area contributed by atoms with Crippen LogP contribution in [0.5, 0.6) is 0 Å². The minimum absolute atomic E-state index is 0.0114. The highest BCUT2D eigenvalue weighted by molar-refractivity contribution is 7.91. The summed E-state index contributed by atoms with van der Waals surface area (Å²) in [5, 5.41) is 0. The molecule has 0 saturated carbocycles. The highest BCUT2D eigenvalue weighted by Gasteiger charge is 2.49. The number of fused-ring (bicyclic) bond motifs is 1. The Labute approximate surface area is 145 Å². The van der Waals surface area contributed by atoms with Crippen molar-refractivity contribution in [1.82, 2.24) is 0 Å². The van der Waals surface area contributed by atoms with Crippen molar-refractivity contribution in [3.63, 3.8) is 0 Å². The van der Waals surface area contributed by atoms with Gasteiger partial charge in [0, 0.05) is 11.4 Å². The summed E-state index contributed by atoms with van der Waals surface area (Å²) in [4.78, 5) is 16.2. The number of nitrogens with zero attached hydrogens (tertiary/aromatic N) is 2. The molecule has 2 heterocycles. The van der Waals surface area contributed by atoms with E-state index in [1.54, 1.807) is 0 Å². The third-order valence-electron chi connectivity index (χ3n) is 4.79. The van der Waals surface area contributed by atoms with Crippen LogP contribution in [0.25, 0.3) is 0 Å². The largest absolute Gasteiger partial charge is 0.356 e. The zero-order valence-electron chi connectivity index (χ0n) is 13.4. The summed E-state index contributed by atoms with van der Waals surface area (Å²) in [6, 6.07) is 14.2. The van der Waals surface area contributed by atoms with Gasteiger partial charge in [0.15, 0.2) is 9.84 Å². The maximum atomic E-state index is 13.2. The molecular formula is C18H17FN2O3S. The standard InChI is InChI=1S/C18H17FN2O3S/c19-13-6-8-15(9-7-13)21-17-12-25(23,24)11-16(17)20(10-18(21)22)14-4-2-1-3-5-14/h1-9,16-17H,10-12H2. The van der Waals surface area contributed by atoms with Gasteiger partial charge in [0.05, 0.1) is 30.1 Å². The lowest BCUT2D eigenvalue weighted by atomic mass is 10.0. The highest BCUT2D eigenvalue weighted by Crippen LogP contribution is 2.34. The summed E-state index contributed by atoms with van der Waals surface area (Å²) in [5.74, 6) is -0.648. The average molecular weight is 360 g/mol. The maximum Gasteiger partial charge on any atom is 0.246 e. The van der Waals surface area contributed by atoms with E-state index in [1.165, 1.54) is 29.2 Å². The third kappa shape index (κ3) is 2.89. The van der Waals surface area contributed by atoms with Gasteiger partial charge in [-0.25, -0.2) is 12.8 Å². The van der Waals surface area contributed by atoms with Crippen LogP contribution < -0.4 is 9.80 Å². The van der Waals surface area contributed by atoms with Crippen LogP contribution in [0, 0.1) is 5.82 Å². The van der Waals surface area contributed by atoms with Gasteiger partial charge in [0.1, 0.15) is 5.82 Å². The van der Waals surface area contributed by atoms with E-state index in [0.29, 0.717) is 5.69 Å². The van der Waals surface area contributed by atoms with Gasteiger partial charge in [-0.1, -0.05) is 18.2 Å². The molecular weight excluding hydrogens is 343 g/mol. The predicted molar refractivity (Wildman–Crippen MR) is 93.9 cm³/mol. The Balaban J connectivity index is 1.75. The first kappa shape index (κ1) is 16.1. The van der Waals surface area contributed by atoms with Crippen LogP contribution in [-0.4, -0.2) is 44.5 Å². The normalized spacial score (nSPS) is 25.1. The first-order chi connectivity index (χ1) is 11.9. The van der Waals surface area contributed by atoms with E-state index in [0.717, 1.165) is 5.69 Å². The number of halogens is 1. The number of hydrogen-bond acceptors (Lipinski definition) is 4. The first-order valence-electron chi connectivity index (χ1n) is 8.04. The van der Waals surface area contributed by atoms with Crippen molar-refractivity contribution < 1.29 is 17.6 Å². The van der Waals surface area contributed by atoms with Gasteiger partial charge in [-0.3, -0.25) is 4.79 Å². The lowest BCUT2D eigenvalue weighted by Gasteiger charge is -2.44. The van der Waals surface area contributed by atoms with Crippen molar-refractivity contribution in [2.24, 2.45) is 0 Å². The van der Waals surface area contributed by atoms with E-state index in [-0.39, 0.29) is 30.0 Å². The lowest BCUT2D eigenvalue weighted by molar-refractivity contribution is -0.118. The molecule has 0 aliphatic carbocycles. The maximum absolute atomic E-state index is 13.2. The summed E-state index contributed by atoms with van der Waals surface area (Å²) in [7, 11) is -3.25. The predicted octanol–water partition coefficient (Wildman–Crippen LogP) is 1.84. The number of carbonyl (C=O) groups is 1. The van der Waals surface area contributed by atoms with Crippen LogP contribution in [0.1, 0.15) is 0 Å². The molecule has 2 saturated heterocycles. The van der Waals surface area contributed by atoms with Crippen LogP contribution in [0.15, 0.2) is 54.6 Å². The molecule has 0 bridgehead atoms. The fraction of sp³-hybridized carbons (Fsp3) is 0.278. The Bertz CT molecular complexity index is 900. The molecule has 2 fully saturated rings. The molecule has 0 radical (unpaired) electrons. The number of anilines is 2. The summed E-state index contributed by atoms with van der Waals surface area (Å²) in [6.07, 6.45) is 0. The van der Waals surface area contributed by atoms with E-state index in [4.69, 9.17) is 0 Å². The number of benzene rings is 2. The first-order valence-corrected chi connectivity index (χ1v) is 9.86. The van der Waals surface area contributed by atoms with Gasteiger partial charge in [0.2, 0.25) is 5.91 Å². The molecule has 0 aromatic heterocycles. The summed E-state index contributed by atoms with van der Waals surface area (Å²) in [6.45, 7) is 0.0953. The average Bonchev–Trinajstić information content (AvgIpc) is 2.91. The Morgan fingerprint density at radius 2 is 1.52 bits per heavy atom. The Morgan fingerprint density at radius 1 is 0.880 bits per heavy atom. The summed E-state index contributed by atoms with van der Waals surface area (Å²) in [5.41, 5.74) is 1.37. The Hall–Kier alpha value is -2.41. The number of hydrogen-bond donors (Lipinski definition) is 0. The second-order valence-corrected chi connectivity index (χ2v) is 8.57. The number of sulfone groups is 1. The van der Waals surface area contributed by atoms with Gasteiger partial charge >= 0.3 is 0 Å². The van der Waals surface area contributed by atoms with Crippen molar-refractivity contribution in [3.8, 4) is 0 Å². The minimum atomic E-state index is -3.25. The summed E-state index contributed by atoms with van der Waals surface area (Å²) < 4.78 is 37.8. The molecule has 2 aromatic carbocycles. The van der Waals surface area contributed by atoms with Crippen LogP contribution >= 0.6 is 0 Å². The second kappa shape index (κ2) is 5.84. The van der Waals surface area contributed by atoms with Crippen LogP contribution in [0.4, 0.5) is 15.8 Å². The fourth-order valence-corrected chi connectivity index (χ4v) is 5.67. The van der Waals surface area contributed by atoms with Gasteiger partial charge < -0.3 is 9.80 Å². The zero-order chi connectivity index (χ0) is 17.6. The van der Waals surface area contributed by atoms with Crippen molar-refractivity contribution in [3.05, 3.63) is 60.4 Å². The summed E-state index contributed by atoms with van der Waals surface area (Å²) >= 11 is 0. The van der Waals surface area contributed by atoms with Crippen molar-refractivity contribution >= 4 is 27.1 Å².